The molecule has 5 rings (SSSR count). The van der Waals surface area contributed by atoms with E-state index in [1.54, 1.807) is 23.1 Å². The van der Waals surface area contributed by atoms with Crippen molar-refractivity contribution in [3.05, 3.63) is 65.2 Å². The van der Waals surface area contributed by atoms with Gasteiger partial charge in [-0.15, -0.1) is 0 Å². The number of rotatable bonds is 3. The monoisotopic (exact) mass is 416 g/mol. The van der Waals surface area contributed by atoms with Crippen molar-refractivity contribution in [1.29, 1.82) is 0 Å². The van der Waals surface area contributed by atoms with Gasteiger partial charge < -0.3 is 14.7 Å². The van der Waals surface area contributed by atoms with Crippen LogP contribution in [0, 0.1) is 6.92 Å². The molecule has 1 fully saturated rings. The molecule has 3 heterocycles. The second kappa shape index (κ2) is 8.00. The van der Waals surface area contributed by atoms with Gasteiger partial charge in [-0.25, -0.2) is 4.98 Å². The number of anilines is 2. The summed E-state index contributed by atoms with van der Waals surface area (Å²) in [7, 11) is 0. The molecule has 0 saturated carbocycles. The van der Waals surface area contributed by atoms with Gasteiger partial charge in [-0.3, -0.25) is 9.69 Å². The van der Waals surface area contributed by atoms with Crippen LogP contribution in [0.2, 0.25) is 0 Å². The summed E-state index contributed by atoms with van der Waals surface area (Å²) >= 11 is 0. The number of carbonyl (C=O) groups is 1. The Morgan fingerprint density at radius 1 is 1.03 bits per heavy atom. The number of amides is 1. The number of hydrogen-bond acceptors (Lipinski definition) is 6. The molecule has 0 bridgehead atoms. The maximum atomic E-state index is 13.3. The summed E-state index contributed by atoms with van der Waals surface area (Å²) in [6, 6.07) is 14.7. The van der Waals surface area contributed by atoms with Crippen molar-refractivity contribution in [3.63, 3.8) is 0 Å². The van der Waals surface area contributed by atoms with Gasteiger partial charge in [-0.1, -0.05) is 29.8 Å². The van der Waals surface area contributed by atoms with Crippen LogP contribution in [-0.4, -0.2) is 53.8 Å². The second-order valence-electron chi connectivity index (χ2n) is 7.90. The first-order chi connectivity index (χ1) is 15.1. The third kappa shape index (κ3) is 3.72. The second-order valence-corrected chi connectivity index (χ2v) is 7.90. The number of phenols is 1. The van der Waals surface area contributed by atoms with Crippen LogP contribution in [0.3, 0.4) is 0 Å². The van der Waals surface area contributed by atoms with E-state index in [1.165, 1.54) is 0 Å². The first-order valence-electron chi connectivity index (χ1n) is 10.5. The van der Waals surface area contributed by atoms with E-state index < -0.39 is 0 Å². The third-order valence-electron chi connectivity index (χ3n) is 5.74. The highest BCUT2D eigenvalue weighted by Crippen LogP contribution is 2.37. The van der Waals surface area contributed by atoms with Crippen LogP contribution in [-0.2, 0) is 11.2 Å². The zero-order valence-corrected chi connectivity index (χ0v) is 17.4. The minimum Gasteiger partial charge on any atom is -0.508 e. The van der Waals surface area contributed by atoms with Crippen molar-refractivity contribution in [1.82, 2.24) is 9.97 Å². The third-order valence-corrected chi connectivity index (χ3v) is 5.74. The number of fused-ring (bicyclic) bond motifs is 1. The number of phenolic OH excluding ortho intramolecular Hbond substituents is 1. The molecule has 1 amide bonds. The van der Waals surface area contributed by atoms with Gasteiger partial charge in [0.2, 0.25) is 5.95 Å². The lowest BCUT2D eigenvalue weighted by Crippen LogP contribution is -2.38. The van der Waals surface area contributed by atoms with Crippen LogP contribution >= 0.6 is 0 Å². The van der Waals surface area contributed by atoms with Crippen molar-refractivity contribution in [2.45, 2.75) is 13.3 Å². The normalized spacial score (nSPS) is 15.8. The summed E-state index contributed by atoms with van der Waals surface area (Å²) < 4.78 is 5.48. The standard InChI is InChI=1S/C24H24N4O3/c1-16-4-2-6-18(14-16)23(30)28-9-8-20-21(17-5-3-7-19(29)15-17)25-24(26-22(20)28)27-10-12-31-13-11-27/h2-7,14-15,29H,8-13H2,1H3. The maximum Gasteiger partial charge on any atom is 0.259 e. The van der Waals surface area contributed by atoms with Crippen LogP contribution in [0.5, 0.6) is 5.75 Å². The Balaban J connectivity index is 1.62. The summed E-state index contributed by atoms with van der Waals surface area (Å²) in [4.78, 5) is 26.9. The molecule has 7 heteroatoms. The fraction of sp³-hybridized carbons (Fsp3) is 0.292. The molecule has 1 aromatic heterocycles. The van der Waals surface area contributed by atoms with E-state index in [4.69, 9.17) is 14.7 Å². The van der Waals surface area contributed by atoms with E-state index in [0.717, 1.165) is 22.4 Å². The molecule has 3 aromatic rings. The van der Waals surface area contributed by atoms with E-state index in [1.807, 2.05) is 37.3 Å². The van der Waals surface area contributed by atoms with E-state index in [0.29, 0.717) is 56.6 Å². The maximum absolute atomic E-state index is 13.3. The Morgan fingerprint density at radius 3 is 2.61 bits per heavy atom. The van der Waals surface area contributed by atoms with E-state index in [9.17, 15) is 9.90 Å². The molecule has 31 heavy (non-hydrogen) atoms. The highest BCUT2D eigenvalue weighted by atomic mass is 16.5. The molecule has 2 aromatic carbocycles. The largest absolute Gasteiger partial charge is 0.508 e. The van der Waals surface area contributed by atoms with Crippen molar-refractivity contribution in [2.24, 2.45) is 0 Å². The van der Waals surface area contributed by atoms with Crippen LogP contribution in [0.4, 0.5) is 11.8 Å². The first-order valence-corrected chi connectivity index (χ1v) is 10.5. The molecule has 0 unspecified atom stereocenters. The Bertz CT molecular complexity index is 1140. The number of hydrogen-bond donors (Lipinski definition) is 1. The molecule has 1 N–H and O–H groups in total. The fourth-order valence-electron chi connectivity index (χ4n) is 4.17. The molecule has 0 aliphatic carbocycles. The predicted molar refractivity (Wildman–Crippen MR) is 119 cm³/mol. The minimum absolute atomic E-state index is 0.0593. The van der Waals surface area contributed by atoms with Gasteiger partial charge in [0.05, 0.1) is 18.9 Å². The lowest BCUT2D eigenvalue weighted by Gasteiger charge is -2.28. The van der Waals surface area contributed by atoms with Crippen LogP contribution in [0.1, 0.15) is 21.5 Å². The number of benzene rings is 2. The van der Waals surface area contributed by atoms with Gasteiger partial charge in [-0.2, -0.15) is 4.98 Å². The highest BCUT2D eigenvalue weighted by Gasteiger charge is 2.32. The van der Waals surface area contributed by atoms with Crippen molar-refractivity contribution in [2.75, 3.05) is 42.6 Å². The zero-order valence-electron chi connectivity index (χ0n) is 17.4. The molecule has 2 aliphatic heterocycles. The average molecular weight is 416 g/mol. The number of aromatic hydroxyl groups is 1. The summed E-state index contributed by atoms with van der Waals surface area (Å²) in [5.74, 6) is 1.37. The number of aromatic nitrogens is 2. The van der Waals surface area contributed by atoms with Crippen LogP contribution in [0.15, 0.2) is 48.5 Å². The predicted octanol–water partition coefficient (Wildman–Crippen LogP) is 3.20. The lowest BCUT2D eigenvalue weighted by atomic mass is 10.1. The summed E-state index contributed by atoms with van der Waals surface area (Å²) in [6.07, 6.45) is 0.668. The van der Waals surface area contributed by atoms with E-state index >= 15 is 0 Å². The summed E-state index contributed by atoms with van der Waals surface area (Å²) in [5.41, 5.74) is 4.21. The topological polar surface area (TPSA) is 78.8 Å². The van der Waals surface area contributed by atoms with Gasteiger partial charge in [-0.05, 0) is 37.6 Å². The van der Waals surface area contributed by atoms with Crippen molar-refractivity contribution in [3.8, 4) is 17.0 Å². The molecule has 2 aliphatic rings. The first kappa shape index (κ1) is 19.5. The molecule has 0 radical (unpaired) electrons. The molecule has 0 atom stereocenters. The van der Waals surface area contributed by atoms with Gasteiger partial charge in [0, 0.05) is 36.3 Å². The smallest absolute Gasteiger partial charge is 0.259 e. The molecule has 0 spiro atoms. The lowest BCUT2D eigenvalue weighted by molar-refractivity contribution is 0.0988. The Hall–Kier alpha value is -3.45. The summed E-state index contributed by atoms with van der Waals surface area (Å²) in [5, 5.41) is 10.0. The van der Waals surface area contributed by atoms with E-state index in [-0.39, 0.29) is 11.7 Å². The summed E-state index contributed by atoms with van der Waals surface area (Å²) in [6.45, 7) is 5.17. The van der Waals surface area contributed by atoms with Crippen molar-refractivity contribution < 1.29 is 14.6 Å². The molecular weight excluding hydrogens is 392 g/mol. The number of morpholine rings is 1. The Labute approximate surface area is 180 Å². The molecule has 1 saturated heterocycles. The Kier molecular flexibility index (Phi) is 5.03. The number of carbonyl (C=O) groups excluding carboxylic acids is 1. The van der Waals surface area contributed by atoms with Gasteiger partial charge >= 0.3 is 0 Å². The number of ether oxygens (including phenoxy) is 1. The molecular formula is C24H24N4O3. The number of aryl methyl sites for hydroxylation is 1. The number of nitrogens with zero attached hydrogens (tertiary/aromatic N) is 4. The van der Waals surface area contributed by atoms with Crippen LogP contribution < -0.4 is 9.80 Å². The van der Waals surface area contributed by atoms with Gasteiger partial charge in [0.25, 0.3) is 5.91 Å². The fourth-order valence-corrected chi connectivity index (χ4v) is 4.17. The zero-order chi connectivity index (χ0) is 21.4. The quantitative estimate of drug-likeness (QED) is 0.707. The van der Waals surface area contributed by atoms with Crippen molar-refractivity contribution >= 4 is 17.7 Å². The SMILES string of the molecule is Cc1cccc(C(=O)N2CCc3c(-c4cccc(O)c4)nc(N4CCOCC4)nc32)c1. The molecule has 158 valence electrons. The van der Waals surface area contributed by atoms with Crippen LogP contribution in [0.25, 0.3) is 11.3 Å². The Morgan fingerprint density at radius 2 is 1.84 bits per heavy atom. The van der Waals surface area contributed by atoms with Gasteiger partial charge in [0.1, 0.15) is 11.6 Å². The minimum atomic E-state index is -0.0593. The van der Waals surface area contributed by atoms with Gasteiger partial charge in [0.15, 0.2) is 0 Å². The van der Waals surface area contributed by atoms with E-state index in [2.05, 4.69) is 4.90 Å². The molecule has 7 nitrogen and oxygen atoms in total. The average Bonchev–Trinajstić information content (AvgIpc) is 3.22. The highest BCUT2D eigenvalue weighted by molar-refractivity contribution is 6.07.